The van der Waals surface area contributed by atoms with Gasteiger partial charge in [0.05, 0.1) is 12.3 Å². The van der Waals surface area contributed by atoms with E-state index in [9.17, 15) is 5.11 Å². The molecule has 1 aromatic rings. The van der Waals surface area contributed by atoms with Gasteiger partial charge < -0.3 is 9.84 Å². The van der Waals surface area contributed by atoms with Crippen LogP contribution in [0.25, 0.3) is 0 Å². The van der Waals surface area contributed by atoms with Gasteiger partial charge in [-0.25, -0.2) is 0 Å². The van der Waals surface area contributed by atoms with E-state index in [1.807, 2.05) is 0 Å². The number of H-pyrrole nitrogens is 1. The Morgan fingerprint density at radius 3 is 2.82 bits per heavy atom. The SMILES string of the molecule is C=C1CCC2C3C(OC(C)(C)O)CC4Cc5[nH]ncc5CC4(C)C3CCC12C. The topological polar surface area (TPSA) is 58.1 Å². The molecule has 0 aliphatic heterocycles. The fourth-order valence-electron chi connectivity index (χ4n) is 7.81. The second kappa shape index (κ2) is 5.95. The Balaban J connectivity index is 1.56. The number of nitrogens with one attached hydrogen (secondary N) is 1. The molecule has 7 unspecified atom stereocenters. The molecule has 3 fully saturated rings. The normalized spacial score (nSPS) is 45.2. The molecule has 4 aliphatic carbocycles. The Morgan fingerprint density at radius 2 is 2.07 bits per heavy atom. The summed E-state index contributed by atoms with van der Waals surface area (Å²) in [6.45, 7) is 13.0. The zero-order valence-corrected chi connectivity index (χ0v) is 17.9. The van der Waals surface area contributed by atoms with Gasteiger partial charge in [0.15, 0.2) is 5.79 Å². The van der Waals surface area contributed by atoms with Crippen molar-refractivity contribution >= 4 is 0 Å². The zero-order chi connectivity index (χ0) is 19.9. The van der Waals surface area contributed by atoms with Gasteiger partial charge in [-0.3, -0.25) is 5.10 Å². The maximum absolute atomic E-state index is 10.5. The molecule has 0 bridgehead atoms. The molecule has 0 spiro atoms. The summed E-state index contributed by atoms with van der Waals surface area (Å²) in [5.41, 5.74) is 4.74. The zero-order valence-electron chi connectivity index (χ0n) is 17.9. The van der Waals surface area contributed by atoms with E-state index in [-0.39, 0.29) is 11.5 Å². The predicted molar refractivity (Wildman–Crippen MR) is 110 cm³/mol. The van der Waals surface area contributed by atoms with Crippen molar-refractivity contribution in [1.82, 2.24) is 10.2 Å². The van der Waals surface area contributed by atoms with E-state index in [4.69, 9.17) is 4.74 Å². The van der Waals surface area contributed by atoms with E-state index >= 15 is 0 Å². The van der Waals surface area contributed by atoms with Crippen molar-refractivity contribution in [2.24, 2.45) is 34.5 Å². The highest BCUT2D eigenvalue weighted by molar-refractivity contribution is 5.28. The van der Waals surface area contributed by atoms with Crippen LogP contribution in [0.4, 0.5) is 0 Å². The number of fused-ring (bicyclic) bond motifs is 6. The summed E-state index contributed by atoms with van der Waals surface area (Å²) in [4.78, 5) is 0. The van der Waals surface area contributed by atoms with Gasteiger partial charge in [0.2, 0.25) is 0 Å². The van der Waals surface area contributed by atoms with Crippen molar-refractivity contribution < 1.29 is 9.84 Å². The van der Waals surface area contributed by atoms with Crippen molar-refractivity contribution in [3.63, 3.8) is 0 Å². The minimum absolute atomic E-state index is 0.128. The van der Waals surface area contributed by atoms with Crippen LogP contribution in [0.2, 0.25) is 0 Å². The van der Waals surface area contributed by atoms with Gasteiger partial charge in [-0.2, -0.15) is 5.10 Å². The molecule has 1 aromatic heterocycles. The number of allylic oxidation sites excluding steroid dienone is 1. The molecular formula is C24H36N2O2. The van der Waals surface area contributed by atoms with Crippen molar-refractivity contribution in [2.75, 3.05) is 0 Å². The third-order valence-corrected chi connectivity index (χ3v) is 9.28. The first-order valence-electron chi connectivity index (χ1n) is 11.2. The second-order valence-corrected chi connectivity index (χ2v) is 11.2. The Bertz CT molecular complexity index is 793. The monoisotopic (exact) mass is 384 g/mol. The second-order valence-electron chi connectivity index (χ2n) is 11.2. The van der Waals surface area contributed by atoms with E-state index in [1.165, 1.54) is 36.1 Å². The fourth-order valence-corrected chi connectivity index (χ4v) is 7.81. The molecule has 4 nitrogen and oxygen atoms in total. The third kappa shape index (κ3) is 2.60. The number of rotatable bonds is 2. The van der Waals surface area contributed by atoms with Crippen molar-refractivity contribution in [1.29, 1.82) is 0 Å². The molecule has 0 amide bonds. The van der Waals surface area contributed by atoms with Crippen molar-refractivity contribution in [2.45, 2.75) is 84.5 Å². The van der Waals surface area contributed by atoms with E-state index in [0.717, 1.165) is 25.7 Å². The number of aliphatic hydroxyl groups is 1. The standard InChI is InChI=1S/C24H36N2O2/c1-14-6-7-17-21-18(8-9-23(14,17)4)24(5)12-15-13-25-26-19(15)10-16(24)11-20(21)28-22(2,3)27/h13,16-18,20-21,27H,1,6-12H2,2-5H3,(H,25,26). The lowest BCUT2D eigenvalue weighted by molar-refractivity contribution is -0.259. The van der Waals surface area contributed by atoms with Crippen molar-refractivity contribution in [3.05, 3.63) is 29.6 Å². The Hall–Kier alpha value is -1.13. The van der Waals surface area contributed by atoms with Crippen LogP contribution in [0.5, 0.6) is 0 Å². The van der Waals surface area contributed by atoms with Gasteiger partial charge in [-0.05, 0) is 98.9 Å². The minimum Gasteiger partial charge on any atom is -0.366 e. The van der Waals surface area contributed by atoms with Crippen LogP contribution in [0.1, 0.15) is 71.1 Å². The van der Waals surface area contributed by atoms with Crippen LogP contribution >= 0.6 is 0 Å². The average molecular weight is 385 g/mol. The van der Waals surface area contributed by atoms with Crippen LogP contribution in [-0.2, 0) is 17.6 Å². The maximum Gasteiger partial charge on any atom is 0.160 e. The molecule has 1 heterocycles. The molecule has 7 atom stereocenters. The lowest BCUT2D eigenvalue weighted by Gasteiger charge is -2.62. The van der Waals surface area contributed by atoms with Crippen LogP contribution in [0.15, 0.2) is 18.3 Å². The molecule has 0 saturated heterocycles. The molecular weight excluding hydrogens is 348 g/mol. The molecule has 5 rings (SSSR count). The van der Waals surface area contributed by atoms with Crippen LogP contribution in [-0.4, -0.2) is 27.2 Å². The fraction of sp³-hybridized carbons (Fsp3) is 0.792. The number of aromatic nitrogens is 2. The van der Waals surface area contributed by atoms with Gasteiger partial charge in [0, 0.05) is 5.69 Å². The van der Waals surface area contributed by atoms with E-state index in [2.05, 4.69) is 36.8 Å². The van der Waals surface area contributed by atoms with Gasteiger partial charge >= 0.3 is 0 Å². The summed E-state index contributed by atoms with van der Waals surface area (Å²) in [7, 11) is 0. The number of aromatic amines is 1. The predicted octanol–water partition coefficient (Wildman–Crippen LogP) is 4.65. The highest BCUT2D eigenvalue weighted by Crippen LogP contribution is 2.67. The molecule has 3 saturated carbocycles. The van der Waals surface area contributed by atoms with E-state index in [0.29, 0.717) is 29.1 Å². The number of hydrogen-bond donors (Lipinski definition) is 2. The summed E-state index contributed by atoms with van der Waals surface area (Å²) < 4.78 is 6.40. The first kappa shape index (κ1) is 18.9. The summed E-state index contributed by atoms with van der Waals surface area (Å²) in [5.74, 6) is 1.29. The van der Waals surface area contributed by atoms with Crippen LogP contribution < -0.4 is 0 Å². The smallest absolute Gasteiger partial charge is 0.160 e. The summed E-state index contributed by atoms with van der Waals surface area (Å²) in [6, 6.07) is 0. The van der Waals surface area contributed by atoms with Gasteiger partial charge in [0.1, 0.15) is 0 Å². The largest absolute Gasteiger partial charge is 0.366 e. The highest BCUT2D eigenvalue weighted by atomic mass is 16.6. The Labute approximate surface area is 169 Å². The molecule has 0 radical (unpaired) electrons. The minimum atomic E-state index is -1.08. The first-order valence-corrected chi connectivity index (χ1v) is 11.2. The quantitative estimate of drug-likeness (QED) is 0.576. The Kier molecular flexibility index (Phi) is 4.01. The number of hydrogen-bond acceptors (Lipinski definition) is 3. The summed E-state index contributed by atoms with van der Waals surface area (Å²) in [5, 5.41) is 18.1. The highest BCUT2D eigenvalue weighted by Gasteiger charge is 2.62. The molecule has 0 aromatic carbocycles. The first-order chi connectivity index (χ1) is 13.1. The average Bonchev–Trinajstić information content (AvgIpc) is 3.16. The van der Waals surface area contributed by atoms with E-state index in [1.54, 1.807) is 13.8 Å². The van der Waals surface area contributed by atoms with Gasteiger partial charge in [0.25, 0.3) is 0 Å². The molecule has 4 heteroatoms. The lowest BCUT2D eigenvalue weighted by Crippen LogP contribution is -2.59. The molecule has 154 valence electrons. The summed E-state index contributed by atoms with van der Waals surface area (Å²) in [6.07, 6.45) is 10.3. The lowest BCUT2D eigenvalue weighted by atomic mass is 9.44. The number of nitrogens with zero attached hydrogens (tertiary/aromatic N) is 1. The van der Waals surface area contributed by atoms with Gasteiger partial charge in [-0.1, -0.05) is 26.0 Å². The number of ether oxygens (including phenoxy) is 1. The van der Waals surface area contributed by atoms with E-state index < -0.39 is 5.79 Å². The van der Waals surface area contributed by atoms with Crippen LogP contribution in [0, 0.1) is 34.5 Å². The Morgan fingerprint density at radius 1 is 1.29 bits per heavy atom. The summed E-state index contributed by atoms with van der Waals surface area (Å²) >= 11 is 0. The third-order valence-electron chi connectivity index (χ3n) is 9.28. The molecule has 4 aliphatic rings. The molecule has 2 N–H and O–H groups in total. The maximum atomic E-state index is 10.5. The van der Waals surface area contributed by atoms with Gasteiger partial charge in [-0.15, -0.1) is 0 Å². The van der Waals surface area contributed by atoms with Crippen LogP contribution in [0.3, 0.4) is 0 Å². The molecule has 28 heavy (non-hydrogen) atoms. The van der Waals surface area contributed by atoms with Crippen molar-refractivity contribution in [3.8, 4) is 0 Å².